The second-order valence-electron chi connectivity index (χ2n) is 12.9. The summed E-state index contributed by atoms with van der Waals surface area (Å²) in [5.41, 5.74) is 7.63. The number of nitrogens with one attached hydrogen (secondary N) is 2. The van der Waals surface area contributed by atoms with Gasteiger partial charge in [-0.15, -0.1) is 0 Å². The van der Waals surface area contributed by atoms with E-state index in [-0.39, 0.29) is 34.9 Å². The van der Waals surface area contributed by atoms with E-state index in [9.17, 15) is 14.4 Å². The third-order valence-electron chi connectivity index (χ3n) is 9.48. The molecule has 0 bridgehead atoms. The molecule has 1 aliphatic carbocycles. The Morgan fingerprint density at radius 1 is 0.607 bits per heavy atom. The highest BCUT2D eigenvalue weighted by Gasteiger charge is 2.38. The van der Waals surface area contributed by atoms with Gasteiger partial charge in [-0.25, -0.2) is 4.79 Å². The number of esters is 1. The van der Waals surface area contributed by atoms with E-state index in [1.807, 2.05) is 91.0 Å². The molecular formula is C48H38N2O4S2. The first-order valence-corrected chi connectivity index (χ1v) is 19.6. The highest BCUT2D eigenvalue weighted by molar-refractivity contribution is 7.99. The van der Waals surface area contributed by atoms with Crippen molar-refractivity contribution in [2.75, 3.05) is 17.7 Å². The summed E-state index contributed by atoms with van der Waals surface area (Å²) in [6, 6.07) is 38.4. The van der Waals surface area contributed by atoms with Crippen molar-refractivity contribution in [3.63, 3.8) is 0 Å². The highest BCUT2D eigenvalue weighted by Crippen LogP contribution is 2.46. The third-order valence-corrected chi connectivity index (χ3v) is 11.8. The molecule has 0 spiro atoms. The van der Waals surface area contributed by atoms with Crippen molar-refractivity contribution in [1.29, 1.82) is 0 Å². The Hall–Kier alpha value is -6.35. The molecule has 1 aliphatic rings. The quantitative estimate of drug-likeness (QED) is 0.106. The van der Waals surface area contributed by atoms with Crippen molar-refractivity contribution >= 4 is 64.6 Å². The first kappa shape index (κ1) is 37.9. The molecule has 6 nitrogen and oxygen atoms in total. The molecule has 2 N–H and O–H groups in total. The minimum atomic E-state index is -0.498. The molecule has 8 heteroatoms. The molecule has 0 atom stereocenters. The number of carbonyl (C=O) groups is 3. The lowest BCUT2D eigenvalue weighted by molar-refractivity contribution is 0.0468. The Morgan fingerprint density at radius 2 is 1.14 bits per heavy atom. The molecule has 0 aromatic heterocycles. The van der Waals surface area contributed by atoms with Gasteiger partial charge < -0.3 is 15.4 Å². The van der Waals surface area contributed by atoms with Crippen molar-refractivity contribution in [3.8, 4) is 0 Å². The van der Waals surface area contributed by atoms with Crippen LogP contribution in [0, 0.1) is 0 Å². The third kappa shape index (κ3) is 7.75. The van der Waals surface area contributed by atoms with Gasteiger partial charge in [0.2, 0.25) is 0 Å². The topological polar surface area (TPSA) is 84.5 Å². The number of ketones is 2. The van der Waals surface area contributed by atoms with E-state index in [2.05, 4.69) is 48.6 Å². The average molecular weight is 771 g/mol. The standard InChI is InChI=1S/C48H38N2O4S2/c1-5-30-16-20-32(21-17-30)28-34-12-8-10-14-38(34)55-40-27-25-37(50-7-3)43-45(40)46(51)42-36(49-4)24-26-41(44(42)47(43)52)56-39-15-11-9-13-35(39)48(53)54-29-33-22-18-31(6-2)19-23-33/h5-27,49-50H,1-3,28-29H2,4H3. The molecule has 7 rings (SSSR count). The van der Waals surface area contributed by atoms with Crippen molar-refractivity contribution in [3.05, 3.63) is 203 Å². The summed E-state index contributed by atoms with van der Waals surface area (Å²) in [6.07, 6.45) is 5.76. The number of fused-ring (bicyclic) bond motifs is 2. The maximum atomic E-state index is 14.9. The zero-order chi connectivity index (χ0) is 39.2. The summed E-state index contributed by atoms with van der Waals surface area (Å²) in [7, 11) is 1.73. The van der Waals surface area contributed by atoms with Crippen molar-refractivity contribution in [1.82, 2.24) is 0 Å². The van der Waals surface area contributed by atoms with Gasteiger partial charge in [-0.2, -0.15) is 0 Å². The number of benzene rings is 6. The van der Waals surface area contributed by atoms with Crippen LogP contribution in [0.25, 0.3) is 12.2 Å². The highest BCUT2D eigenvalue weighted by atomic mass is 32.2. The molecule has 0 radical (unpaired) electrons. The molecule has 0 saturated carbocycles. The lowest BCUT2D eigenvalue weighted by Gasteiger charge is -2.26. The molecule has 0 aliphatic heterocycles. The van der Waals surface area contributed by atoms with Gasteiger partial charge in [0.05, 0.1) is 22.4 Å². The van der Waals surface area contributed by atoms with Crippen LogP contribution in [0.1, 0.15) is 70.0 Å². The molecule has 0 heterocycles. The predicted molar refractivity (Wildman–Crippen MR) is 229 cm³/mol. The zero-order valence-corrected chi connectivity index (χ0v) is 32.4. The van der Waals surface area contributed by atoms with Gasteiger partial charge in [-0.05, 0) is 82.9 Å². The van der Waals surface area contributed by atoms with Gasteiger partial charge in [0.25, 0.3) is 0 Å². The van der Waals surface area contributed by atoms with E-state index >= 15 is 0 Å². The Balaban J connectivity index is 1.25. The number of carbonyl (C=O) groups excluding carboxylic acids is 3. The maximum Gasteiger partial charge on any atom is 0.339 e. The Morgan fingerprint density at radius 3 is 1.75 bits per heavy atom. The summed E-state index contributed by atoms with van der Waals surface area (Å²) >= 11 is 2.72. The van der Waals surface area contributed by atoms with E-state index in [0.717, 1.165) is 32.7 Å². The van der Waals surface area contributed by atoms with Crippen LogP contribution in [-0.2, 0) is 17.8 Å². The number of anilines is 2. The number of rotatable bonds is 14. The fourth-order valence-corrected chi connectivity index (χ4v) is 8.79. The molecular weight excluding hydrogens is 733 g/mol. The van der Waals surface area contributed by atoms with Crippen LogP contribution in [0.2, 0.25) is 0 Å². The van der Waals surface area contributed by atoms with Gasteiger partial charge in [0.1, 0.15) is 6.61 Å². The Kier molecular flexibility index (Phi) is 11.5. The number of hydrogen-bond acceptors (Lipinski definition) is 8. The van der Waals surface area contributed by atoms with Crippen LogP contribution in [0.15, 0.2) is 167 Å². The first-order chi connectivity index (χ1) is 27.3. The van der Waals surface area contributed by atoms with Crippen molar-refractivity contribution < 1.29 is 19.1 Å². The Labute approximate surface area is 335 Å². The van der Waals surface area contributed by atoms with Crippen LogP contribution in [0.3, 0.4) is 0 Å². The smallest absolute Gasteiger partial charge is 0.339 e. The summed E-state index contributed by atoms with van der Waals surface area (Å²) in [5, 5.41) is 6.25. The van der Waals surface area contributed by atoms with Gasteiger partial charge in [-0.3, -0.25) is 9.59 Å². The second-order valence-corrected chi connectivity index (χ2v) is 15.1. The molecule has 0 amide bonds. The predicted octanol–water partition coefficient (Wildman–Crippen LogP) is 11.6. The Bertz CT molecular complexity index is 2520. The van der Waals surface area contributed by atoms with Crippen LogP contribution >= 0.6 is 23.5 Å². The van der Waals surface area contributed by atoms with Crippen LogP contribution < -0.4 is 10.6 Å². The largest absolute Gasteiger partial charge is 0.457 e. The molecule has 0 unspecified atom stereocenters. The van der Waals surface area contributed by atoms with Crippen molar-refractivity contribution in [2.24, 2.45) is 0 Å². The number of hydrogen-bond donors (Lipinski definition) is 2. The van der Waals surface area contributed by atoms with Crippen molar-refractivity contribution in [2.45, 2.75) is 32.6 Å². The van der Waals surface area contributed by atoms with E-state index in [0.29, 0.717) is 43.6 Å². The normalized spacial score (nSPS) is 11.6. The van der Waals surface area contributed by atoms with Gasteiger partial charge in [0, 0.05) is 43.4 Å². The zero-order valence-electron chi connectivity index (χ0n) is 30.8. The van der Waals surface area contributed by atoms with E-state index in [1.54, 1.807) is 31.3 Å². The molecule has 6 aromatic rings. The molecule has 6 aromatic carbocycles. The summed E-state index contributed by atoms with van der Waals surface area (Å²) in [4.78, 5) is 46.1. The van der Waals surface area contributed by atoms with Crippen LogP contribution in [0.4, 0.5) is 11.4 Å². The lowest BCUT2D eigenvalue weighted by atomic mass is 9.82. The molecule has 276 valence electrons. The second kappa shape index (κ2) is 17.0. The van der Waals surface area contributed by atoms with Gasteiger partial charge >= 0.3 is 5.97 Å². The van der Waals surface area contributed by atoms with E-state index in [1.165, 1.54) is 29.7 Å². The summed E-state index contributed by atoms with van der Waals surface area (Å²) in [5.74, 6) is -1.08. The maximum absolute atomic E-state index is 14.9. The minimum absolute atomic E-state index is 0.0953. The summed E-state index contributed by atoms with van der Waals surface area (Å²) < 4.78 is 5.72. The minimum Gasteiger partial charge on any atom is -0.457 e. The van der Waals surface area contributed by atoms with E-state index in [4.69, 9.17) is 4.74 Å². The van der Waals surface area contributed by atoms with E-state index < -0.39 is 5.97 Å². The molecule has 0 saturated heterocycles. The van der Waals surface area contributed by atoms with Crippen LogP contribution in [-0.4, -0.2) is 24.6 Å². The average Bonchev–Trinajstić information content (AvgIpc) is 3.23. The van der Waals surface area contributed by atoms with Gasteiger partial charge in [0.15, 0.2) is 11.6 Å². The fraction of sp³-hybridized carbons (Fsp3) is 0.0625. The first-order valence-electron chi connectivity index (χ1n) is 17.9. The van der Waals surface area contributed by atoms with Crippen LogP contribution in [0.5, 0.6) is 0 Å². The summed E-state index contributed by atoms with van der Waals surface area (Å²) in [6.45, 7) is 11.6. The lowest BCUT2D eigenvalue weighted by Crippen LogP contribution is -2.25. The SMILES string of the molecule is C=CNc1ccc(Sc2ccccc2Cc2ccc(C=C)cc2)c2c1C(=O)c1c(Sc3ccccc3C(=O)OCc3ccc(C=C)cc3)ccc(NC)c1C2=O. The molecule has 0 fully saturated rings. The molecule has 56 heavy (non-hydrogen) atoms. The number of ether oxygens (including phenoxy) is 1. The fourth-order valence-electron chi connectivity index (χ4n) is 6.63. The monoisotopic (exact) mass is 770 g/mol. The van der Waals surface area contributed by atoms with Gasteiger partial charge in [-0.1, -0.05) is 134 Å².